The first-order chi connectivity index (χ1) is 31.9. The Hall–Kier alpha value is -4.98. The fraction of sp³-hybridized carbons (Fsp3) is 0.460. The Labute approximate surface area is 404 Å². The van der Waals surface area contributed by atoms with Gasteiger partial charge in [0.2, 0.25) is 0 Å². The van der Waals surface area contributed by atoms with E-state index in [9.17, 15) is 9.18 Å². The van der Waals surface area contributed by atoms with Crippen LogP contribution < -0.4 is 0 Å². The Bertz CT molecular complexity index is 1970. The number of allylic oxidation sites excluding steroid dienone is 3. The van der Waals surface area contributed by atoms with E-state index < -0.39 is 0 Å². The summed E-state index contributed by atoms with van der Waals surface area (Å²) in [5.41, 5.74) is 8.48. The predicted molar refractivity (Wildman–Crippen MR) is 291 cm³/mol. The van der Waals surface area contributed by atoms with Crippen molar-refractivity contribution in [3.8, 4) is 0 Å². The maximum absolute atomic E-state index is 13.7. The molecule has 0 aliphatic carbocycles. The van der Waals surface area contributed by atoms with Crippen LogP contribution in [0.2, 0.25) is 0 Å². The molecule has 0 fully saturated rings. The normalized spacial score (nSPS) is 12.0. The van der Waals surface area contributed by atoms with Crippen LogP contribution in [0.1, 0.15) is 197 Å². The molecule has 66 heavy (non-hydrogen) atoms. The fourth-order valence-corrected chi connectivity index (χ4v) is 9.47. The monoisotopic (exact) mass is 896 g/mol. The molecule has 4 rings (SSSR count). The van der Waals surface area contributed by atoms with Crippen molar-refractivity contribution < 1.29 is 9.18 Å². The molecule has 0 amide bonds. The van der Waals surface area contributed by atoms with Gasteiger partial charge in [-0.3, -0.25) is 0 Å². The molecule has 0 aliphatic rings. The van der Waals surface area contributed by atoms with E-state index in [2.05, 4.69) is 142 Å². The molecule has 2 nitrogen and oxygen atoms in total. The molecule has 2 unspecified atom stereocenters. The number of hydrogen-bond acceptors (Lipinski definition) is 2. The van der Waals surface area contributed by atoms with Crippen LogP contribution in [0.5, 0.6) is 0 Å². The molecule has 0 N–H and O–H groups in total. The highest BCUT2D eigenvalue weighted by atomic mass is 19.1. The smallest absolute Gasteiger partial charge is 0.127 e. The molecule has 2 atom stereocenters. The highest BCUT2D eigenvalue weighted by Gasteiger charge is 2.33. The van der Waals surface area contributed by atoms with Crippen LogP contribution in [0, 0.1) is 12.7 Å². The van der Waals surface area contributed by atoms with Crippen LogP contribution in [0.25, 0.3) is 6.08 Å². The van der Waals surface area contributed by atoms with E-state index in [1.54, 1.807) is 23.8 Å². The molecule has 0 aliphatic heterocycles. The minimum Gasteiger partial charge on any atom is -0.362 e. The van der Waals surface area contributed by atoms with Crippen molar-refractivity contribution in [2.75, 3.05) is 6.54 Å². The van der Waals surface area contributed by atoms with Crippen molar-refractivity contribution in [3.63, 3.8) is 0 Å². The second-order valence-corrected chi connectivity index (χ2v) is 17.9. The van der Waals surface area contributed by atoms with E-state index in [-0.39, 0.29) is 17.3 Å². The zero-order valence-corrected chi connectivity index (χ0v) is 43.3. The molecular formula is C63H90FNO. The van der Waals surface area contributed by atoms with Gasteiger partial charge < -0.3 is 4.90 Å². The van der Waals surface area contributed by atoms with Gasteiger partial charge in [0.1, 0.15) is 11.8 Å². The van der Waals surface area contributed by atoms with Crippen LogP contribution in [0.4, 0.5) is 4.39 Å². The summed E-state index contributed by atoms with van der Waals surface area (Å²) in [5, 5.41) is 0. The van der Waals surface area contributed by atoms with Crippen molar-refractivity contribution in [3.05, 3.63) is 192 Å². The summed E-state index contributed by atoms with van der Waals surface area (Å²) in [7, 11) is 0. The Balaban J connectivity index is 0.000000443. The number of benzene rings is 4. The lowest BCUT2D eigenvalue weighted by Crippen LogP contribution is -2.46. The van der Waals surface area contributed by atoms with Gasteiger partial charge in [0.15, 0.2) is 0 Å². The molecule has 0 bridgehead atoms. The Morgan fingerprint density at radius 1 is 0.667 bits per heavy atom. The van der Waals surface area contributed by atoms with Gasteiger partial charge in [-0.1, -0.05) is 241 Å². The number of nitrogens with zero attached hydrogens (tertiary/aromatic N) is 1. The average Bonchev–Trinajstić information content (AvgIpc) is 3.34. The minimum absolute atomic E-state index is 0.0328. The number of rotatable bonds is 25. The van der Waals surface area contributed by atoms with Crippen LogP contribution in [-0.2, 0) is 10.2 Å². The van der Waals surface area contributed by atoms with Crippen LogP contribution in [0.15, 0.2) is 153 Å². The molecule has 0 saturated heterocycles. The van der Waals surface area contributed by atoms with Gasteiger partial charge in [0, 0.05) is 24.2 Å². The molecule has 360 valence electrons. The summed E-state index contributed by atoms with van der Waals surface area (Å²) < 4.78 is 13.7. The summed E-state index contributed by atoms with van der Waals surface area (Å²) in [6, 6.07) is 35.0. The molecular weight excluding hydrogens is 806 g/mol. The first kappa shape index (κ1) is 59.0. The molecule has 4 aromatic carbocycles. The molecule has 0 radical (unpaired) electrons. The average molecular weight is 896 g/mol. The second kappa shape index (κ2) is 34.3. The van der Waals surface area contributed by atoms with Crippen LogP contribution in [-0.4, -0.2) is 22.9 Å². The summed E-state index contributed by atoms with van der Waals surface area (Å²) in [4.78, 5) is 13.2. The van der Waals surface area contributed by atoms with Crippen molar-refractivity contribution in [1.82, 2.24) is 4.90 Å². The van der Waals surface area contributed by atoms with Crippen molar-refractivity contribution in [1.29, 1.82) is 0 Å². The molecule has 3 heteroatoms. The van der Waals surface area contributed by atoms with E-state index in [1.807, 2.05) is 67.5 Å². The number of unbranched alkanes of at least 4 members (excludes halogenated alkanes) is 2. The summed E-state index contributed by atoms with van der Waals surface area (Å²) >= 11 is 0. The van der Waals surface area contributed by atoms with Crippen molar-refractivity contribution in [2.45, 2.75) is 182 Å². The quantitative estimate of drug-likeness (QED) is 0.0488. The predicted octanol–water partition coefficient (Wildman–Crippen LogP) is 18.9. The van der Waals surface area contributed by atoms with Crippen LogP contribution in [0.3, 0.4) is 0 Å². The van der Waals surface area contributed by atoms with E-state index in [1.165, 1.54) is 81.4 Å². The topological polar surface area (TPSA) is 20.3 Å². The Morgan fingerprint density at radius 2 is 1.21 bits per heavy atom. The van der Waals surface area contributed by atoms with E-state index in [0.29, 0.717) is 5.41 Å². The second-order valence-electron chi connectivity index (χ2n) is 17.9. The standard InChI is InChI=1S/C17H27NO.C17H28.C16H15F.C13H20/c1-6-11-16(9-4)18(10-5)17(12-7-2,13-8-3)14-15-19;1-4-7-15-17(13-5-2,14-6-3)16-11-9-8-10-12-16;1-3-13-8-4-5-9-14(13)12(2)15-10-6-7-11-16(15)17;1-4-5-6-12(3)13-9-7-11(2)8-10-13/h6,9,11,14H,1,4,7-8,10,12-13H2,2-3,5H3;8-12H,4-7,13-15H2,1-3H3;3-12H,1H2,2H3;7-10,12H,4-6H2,1-3H3/b16-11+;;;. The fourth-order valence-electron chi connectivity index (χ4n) is 9.47. The largest absolute Gasteiger partial charge is 0.362 e. The number of halogens is 1. The third kappa shape index (κ3) is 19.5. The third-order valence-corrected chi connectivity index (χ3v) is 12.9. The Kier molecular flexibility index (Phi) is 30.7. The van der Waals surface area contributed by atoms with Gasteiger partial charge in [-0.05, 0) is 110 Å². The molecule has 4 aromatic rings. The zero-order chi connectivity index (χ0) is 49.2. The van der Waals surface area contributed by atoms with Gasteiger partial charge >= 0.3 is 0 Å². The third-order valence-electron chi connectivity index (χ3n) is 12.9. The molecule has 0 spiro atoms. The van der Waals surface area contributed by atoms with Gasteiger partial charge in [-0.25, -0.2) is 9.18 Å². The lowest BCUT2D eigenvalue weighted by atomic mass is 9.70. The maximum Gasteiger partial charge on any atom is 0.127 e. The first-order valence-electron chi connectivity index (χ1n) is 25.4. The summed E-state index contributed by atoms with van der Waals surface area (Å²) in [6.07, 6.45) is 26.2. The number of carbonyl (C=O) groups excluding carboxylic acids is 1. The number of likely N-dealkylation sites (N-methyl/N-ethyl adjacent to an activating group) is 1. The molecule has 0 heterocycles. The molecule has 0 saturated carbocycles. The highest BCUT2D eigenvalue weighted by molar-refractivity contribution is 5.54. The van der Waals surface area contributed by atoms with E-state index in [0.717, 1.165) is 60.5 Å². The van der Waals surface area contributed by atoms with E-state index >= 15 is 0 Å². The SMILES string of the molecule is C=C/C=C(\C=C)N(CC)C(C=C=O)(CCC)CCC.C=Cc1ccccc1C(C)c1ccccc1F.CCCCC(C)c1ccc(C)cc1.CCCCC(CCC)(CCC)c1ccccc1. The summed E-state index contributed by atoms with van der Waals surface area (Å²) in [6.45, 7) is 34.3. The maximum atomic E-state index is 13.7. The lowest BCUT2D eigenvalue weighted by Gasteiger charge is -2.43. The van der Waals surface area contributed by atoms with Gasteiger partial charge in [-0.2, -0.15) is 0 Å². The minimum atomic E-state index is -0.261. The van der Waals surface area contributed by atoms with Crippen molar-refractivity contribution >= 4 is 12.0 Å². The van der Waals surface area contributed by atoms with Crippen LogP contribution >= 0.6 is 0 Å². The van der Waals surface area contributed by atoms with Gasteiger partial charge in [-0.15, -0.1) is 0 Å². The van der Waals surface area contributed by atoms with Gasteiger partial charge in [0.05, 0.1) is 5.54 Å². The highest BCUT2D eigenvalue weighted by Crippen LogP contribution is 2.39. The Morgan fingerprint density at radius 3 is 1.70 bits per heavy atom. The molecule has 0 aromatic heterocycles. The van der Waals surface area contributed by atoms with Gasteiger partial charge in [0.25, 0.3) is 0 Å². The zero-order valence-electron chi connectivity index (χ0n) is 43.3. The van der Waals surface area contributed by atoms with E-state index in [4.69, 9.17) is 0 Å². The lowest BCUT2D eigenvalue weighted by molar-refractivity contribution is 0.165. The number of hydrogen-bond donors (Lipinski definition) is 0. The first-order valence-corrected chi connectivity index (χ1v) is 25.4. The number of aryl methyl sites for hydroxylation is 1. The van der Waals surface area contributed by atoms with Crippen molar-refractivity contribution in [2.24, 2.45) is 0 Å². The summed E-state index contributed by atoms with van der Waals surface area (Å²) in [5.74, 6) is 2.61.